The number of rotatable bonds is 3. The number of aromatic nitrogens is 1. The van der Waals surface area contributed by atoms with E-state index in [4.69, 9.17) is 0 Å². The fraction of sp³-hybridized carbons (Fsp3) is 0.455. The van der Waals surface area contributed by atoms with Crippen LogP contribution in [0.15, 0.2) is 42.5 Å². The first-order valence-electron chi connectivity index (χ1n) is 10.2. The highest BCUT2D eigenvalue weighted by molar-refractivity contribution is 5.94. The molecule has 0 saturated carbocycles. The molecule has 1 amide bonds. The Morgan fingerprint density at radius 1 is 1.00 bits per heavy atom. The first kappa shape index (κ1) is 20.7. The lowest BCUT2D eigenvalue weighted by Crippen LogP contribution is -2.52. The summed E-state index contributed by atoms with van der Waals surface area (Å²) in [6, 6.07) is 11.9. The molecule has 4 rings (SSSR count). The molecule has 160 valence electrons. The molecule has 8 heteroatoms. The number of nitrogens with zero attached hydrogens (tertiary/aromatic N) is 4. The van der Waals surface area contributed by atoms with Crippen LogP contribution in [-0.2, 0) is 6.18 Å². The molecule has 1 aromatic heterocycles. The maximum absolute atomic E-state index is 12.9. The molecule has 30 heavy (non-hydrogen) atoms. The Hall–Kier alpha value is -2.61. The van der Waals surface area contributed by atoms with Gasteiger partial charge < -0.3 is 9.80 Å². The summed E-state index contributed by atoms with van der Waals surface area (Å²) >= 11 is 0. The molecule has 0 unspecified atom stereocenters. The van der Waals surface area contributed by atoms with Gasteiger partial charge in [-0.3, -0.25) is 9.69 Å². The molecule has 0 N–H and O–H groups in total. The van der Waals surface area contributed by atoms with E-state index in [1.807, 2.05) is 41.0 Å². The molecule has 0 aliphatic carbocycles. The minimum Gasteiger partial charge on any atom is -0.355 e. The van der Waals surface area contributed by atoms with Crippen molar-refractivity contribution in [1.29, 1.82) is 0 Å². The molecule has 3 heterocycles. The summed E-state index contributed by atoms with van der Waals surface area (Å²) in [5.41, 5.74) is 0.973. The van der Waals surface area contributed by atoms with Gasteiger partial charge in [0.05, 0.1) is 0 Å². The van der Waals surface area contributed by atoms with Crippen LogP contribution in [0.5, 0.6) is 0 Å². The van der Waals surface area contributed by atoms with Crippen molar-refractivity contribution in [1.82, 2.24) is 14.8 Å². The molecule has 1 aromatic carbocycles. The smallest absolute Gasteiger partial charge is 0.355 e. The van der Waals surface area contributed by atoms with Gasteiger partial charge in [-0.2, -0.15) is 13.2 Å². The van der Waals surface area contributed by atoms with Gasteiger partial charge in [-0.15, -0.1) is 0 Å². The van der Waals surface area contributed by atoms with Crippen molar-refractivity contribution < 1.29 is 18.0 Å². The molecule has 2 aliphatic heterocycles. The Kier molecular flexibility index (Phi) is 5.69. The Balaban J connectivity index is 1.33. The first-order valence-corrected chi connectivity index (χ1v) is 10.2. The third-order valence-electron chi connectivity index (χ3n) is 5.93. The zero-order valence-corrected chi connectivity index (χ0v) is 16.9. The number of carbonyl (C=O) groups is 1. The largest absolute Gasteiger partial charge is 0.433 e. The number of carbonyl (C=O) groups excluding carboxylic acids is 1. The van der Waals surface area contributed by atoms with Crippen LogP contribution < -0.4 is 4.90 Å². The second-order valence-electron chi connectivity index (χ2n) is 7.96. The maximum Gasteiger partial charge on any atom is 0.433 e. The van der Waals surface area contributed by atoms with Crippen molar-refractivity contribution in [2.45, 2.75) is 25.6 Å². The van der Waals surface area contributed by atoms with Gasteiger partial charge in [0.15, 0.2) is 0 Å². The maximum atomic E-state index is 12.9. The highest BCUT2D eigenvalue weighted by atomic mass is 19.4. The summed E-state index contributed by atoms with van der Waals surface area (Å²) in [6.45, 7) is 6.18. The minimum absolute atomic E-state index is 0.0517. The fourth-order valence-electron chi connectivity index (χ4n) is 4.17. The highest BCUT2D eigenvalue weighted by Gasteiger charge is 2.35. The number of hydrogen-bond donors (Lipinski definition) is 0. The molecule has 0 bridgehead atoms. The van der Waals surface area contributed by atoms with Gasteiger partial charge in [0.1, 0.15) is 11.5 Å². The summed E-state index contributed by atoms with van der Waals surface area (Å²) in [5.74, 6) is 0.427. The van der Waals surface area contributed by atoms with Crippen LogP contribution in [0.3, 0.4) is 0 Å². The zero-order valence-electron chi connectivity index (χ0n) is 16.9. The first-order chi connectivity index (χ1) is 14.3. The number of alkyl halides is 3. The highest BCUT2D eigenvalue weighted by Crippen LogP contribution is 2.30. The topological polar surface area (TPSA) is 39.7 Å². The number of piperazine rings is 1. The van der Waals surface area contributed by atoms with Gasteiger partial charge in [0.25, 0.3) is 5.91 Å². The monoisotopic (exact) mass is 418 g/mol. The van der Waals surface area contributed by atoms with Crippen molar-refractivity contribution >= 4 is 11.7 Å². The van der Waals surface area contributed by atoms with Gasteiger partial charge >= 0.3 is 6.18 Å². The van der Waals surface area contributed by atoms with E-state index in [-0.39, 0.29) is 11.9 Å². The van der Waals surface area contributed by atoms with Crippen LogP contribution in [0.1, 0.15) is 28.0 Å². The average Bonchev–Trinajstić information content (AvgIpc) is 3.24. The number of benzene rings is 1. The van der Waals surface area contributed by atoms with Gasteiger partial charge in [0, 0.05) is 50.9 Å². The number of pyridine rings is 1. The predicted molar refractivity (Wildman–Crippen MR) is 109 cm³/mol. The number of anilines is 1. The van der Waals surface area contributed by atoms with Gasteiger partial charge in [-0.25, -0.2) is 4.98 Å². The van der Waals surface area contributed by atoms with E-state index in [1.165, 1.54) is 6.07 Å². The zero-order chi connectivity index (χ0) is 21.3. The van der Waals surface area contributed by atoms with Crippen LogP contribution >= 0.6 is 0 Å². The Bertz CT molecular complexity index is 892. The molecular formula is C22H25F3N4O. The lowest BCUT2D eigenvalue weighted by atomic mass is 10.1. The quantitative estimate of drug-likeness (QED) is 0.766. The molecular weight excluding hydrogens is 393 g/mol. The minimum atomic E-state index is -4.44. The second kappa shape index (κ2) is 8.26. The van der Waals surface area contributed by atoms with Crippen molar-refractivity contribution in [3.63, 3.8) is 0 Å². The lowest BCUT2D eigenvalue weighted by Gasteiger charge is -2.38. The second-order valence-corrected chi connectivity index (χ2v) is 7.96. The van der Waals surface area contributed by atoms with Crippen molar-refractivity contribution in [3.8, 4) is 0 Å². The number of amides is 1. The van der Waals surface area contributed by atoms with Crippen molar-refractivity contribution in [3.05, 3.63) is 59.3 Å². The van der Waals surface area contributed by atoms with Crippen molar-refractivity contribution in [2.24, 2.45) is 0 Å². The predicted octanol–water partition coefficient (Wildman–Crippen LogP) is 3.45. The fourth-order valence-corrected chi connectivity index (χ4v) is 4.17. The number of hydrogen-bond acceptors (Lipinski definition) is 4. The normalized spacial score (nSPS) is 20.6. The third kappa shape index (κ3) is 4.43. The summed E-state index contributed by atoms with van der Waals surface area (Å²) < 4.78 is 38.8. The Labute approximate surface area is 174 Å². The molecule has 2 aliphatic rings. The molecule has 5 nitrogen and oxygen atoms in total. The molecule has 2 aromatic rings. The van der Waals surface area contributed by atoms with E-state index >= 15 is 0 Å². The van der Waals surface area contributed by atoms with E-state index in [0.717, 1.165) is 31.1 Å². The number of aryl methyl sites for hydroxylation is 1. The molecule has 2 saturated heterocycles. The molecule has 0 radical (unpaired) electrons. The van der Waals surface area contributed by atoms with E-state index in [1.54, 1.807) is 6.07 Å². The van der Waals surface area contributed by atoms with Crippen LogP contribution in [0, 0.1) is 6.92 Å². The Morgan fingerprint density at radius 2 is 1.70 bits per heavy atom. The number of halogens is 3. The average molecular weight is 418 g/mol. The van der Waals surface area contributed by atoms with E-state index in [0.29, 0.717) is 37.6 Å². The summed E-state index contributed by atoms with van der Waals surface area (Å²) in [5, 5.41) is 0. The van der Waals surface area contributed by atoms with Crippen LogP contribution in [0.2, 0.25) is 0 Å². The van der Waals surface area contributed by atoms with Crippen LogP contribution in [0.25, 0.3) is 0 Å². The molecule has 1 atom stereocenters. The van der Waals surface area contributed by atoms with E-state index in [2.05, 4.69) is 9.88 Å². The van der Waals surface area contributed by atoms with Crippen LogP contribution in [0.4, 0.5) is 19.0 Å². The van der Waals surface area contributed by atoms with Crippen LogP contribution in [-0.4, -0.2) is 66.0 Å². The SMILES string of the molecule is Cc1ccc(C(=O)N2CCN([C@@H]3CCN(c4cccc(C(F)(F)F)n4)C3)CC2)cc1. The van der Waals surface area contributed by atoms with E-state index < -0.39 is 11.9 Å². The Morgan fingerprint density at radius 3 is 2.37 bits per heavy atom. The van der Waals surface area contributed by atoms with Gasteiger partial charge in [-0.05, 0) is 37.6 Å². The standard InChI is InChI=1S/C22H25F3N4O/c1-16-5-7-17(8-6-16)21(30)28-13-11-27(12-14-28)18-9-10-29(15-18)20-4-2-3-19(26-20)22(23,24)25/h2-8,18H,9-15H2,1H3/t18-/m1/s1. The summed E-state index contributed by atoms with van der Waals surface area (Å²) in [4.78, 5) is 22.6. The van der Waals surface area contributed by atoms with Crippen molar-refractivity contribution in [2.75, 3.05) is 44.2 Å². The molecule has 0 spiro atoms. The van der Waals surface area contributed by atoms with Gasteiger partial charge in [-0.1, -0.05) is 23.8 Å². The third-order valence-corrected chi connectivity index (χ3v) is 5.93. The summed E-state index contributed by atoms with van der Waals surface area (Å²) in [6.07, 6.45) is -3.56. The summed E-state index contributed by atoms with van der Waals surface area (Å²) in [7, 11) is 0. The lowest BCUT2D eigenvalue weighted by molar-refractivity contribution is -0.141. The van der Waals surface area contributed by atoms with Gasteiger partial charge in [0.2, 0.25) is 0 Å². The van der Waals surface area contributed by atoms with E-state index in [9.17, 15) is 18.0 Å². The molecule has 2 fully saturated rings.